The summed E-state index contributed by atoms with van der Waals surface area (Å²) in [5.74, 6) is 0.119. The minimum absolute atomic E-state index is 0.167. The summed E-state index contributed by atoms with van der Waals surface area (Å²) >= 11 is 0. The summed E-state index contributed by atoms with van der Waals surface area (Å²) in [7, 11) is -2.60. The molecule has 0 saturated carbocycles. The third kappa shape index (κ3) is 7.81. The molecule has 0 aliphatic rings. The average Bonchev–Trinajstić information content (AvgIpc) is 2.50. The first-order valence-corrected chi connectivity index (χ1v) is 7.91. The highest BCUT2D eigenvalue weighted by Gasteiger charge is 2.16. The van der Waals surface area contributed by atoms with Crippen molar-refractivity contribution >= 4 is 10.1 Å². The van der Waals surface area contributed by atoms with E-state index in [1.165, 1.54) is 0 Å². The molecule has 1 unspecified atom stereocenters. The normalized spacial score (nSPS) is 12.8. The van der Waals surface area contributed by atoms with Gasteiger partial charge in [-0.05, 0) is 12.1 Å². The summed E-state index contributed by atoms with van der Waals surface area (Å²) < 4.78 is 42.9. The van der Waals surface area contributed by atoms with E-state index in [1.54, 1.807) is 18.2 Å². The number of rotatable bonds is 11. The molecule has 0 aliphatic carbocycles. The Bertz CT molecular complexity index is 499. The SMILES string of the molecule is C=CCOCC(COc1ccccc1)OCS(=O)(=O)OC. The molecule has 1 aromatic rings. The van der Waals surface area contributed by atoms with Gasteiger partial charge in [-0.1, -0.05) is 24.3 Å². The van der Waals surface area contributed by atoms with Crippen molar-refractivity contribution in [2.45, 2.75) is 6.10 Å². The van der Waals surface area contributed by atoms with Crippen LogP contribution in [0.2, 0.25) is 0 Å². The topological polar surface area (TPSA) is 71.1 Å². The zero-order chi connectivity index (χ0) is 15.6. The van der Waals surface area contributed by atoms with Crippen LogP contribution in [0, 0.1) is 0 Å². The summed E-state index contributed by atoms with van der Waals surface area (Å²) in [5, 5.41) is 0. The van der Waals surface area contributed by atoms with Crippen LogP contribution in [0.15, 0.2) is 43.0 Å². The summed E-state index contributed by atoms with van der Waals surface area (Å²) in [4.78, 5) is 0. The van der Waals surface area contributed by atoms with Gasteiger partial charge in [-0.2, -0.15) is 8.42 Å². The number of para-hydroxylation sites is 1. The molecule has 0 heterocycles. The fraction of sp³-hybridized carbons (Fsp3) is 0.429. The molecule has 0 aliphatic heterocycles. The van der Waals surface area contributed by atoms with Crippen LogP contribution in [0.5, 0.6) is 5.75 Å². The van der Waals surface area contributed by atoms with Gasteiger partial charge in [-0.25, -0.2) is 0 Å². The van der Waals surface area contributed by atoms with Crippen LogP contribution >= 0.6 is 0 Å². The van der Waals surface area contributed by atoms with Crippen molar-refractivity contribution in [1.82, 2.24) is 0 Å². The number of hydrogen-bond donors (Lipinski definition) is 0. The lowest BCUT2D eigenvalue weighted by molar-refractivity contribution is -0.0169. The maximum atomic E-state index is 11.3. The Morgan fingerprint density at radius 1 is 1.24 bits per heavy atom. The predicted octanol–water partition coefficient (Wildman–Crippen LogP) is 1.59. The molecule has 21 heavy (non-hydrogen) atoms. The maximum Gasteiger partial charge on any atom is 0.291 e. The van der Waals surface area contributed by atoms with Gasteiger partial charge in [0.2, 0.25) is 0 Å². The average molecular weight is 316 g/mol. The van der Waals surface area contributed by atoms with E-state index in [0.717, 1.165) is 7.11 Å². The quantitative estimate of drug-likeness (QED) is 0.351. The first-order valence-electron chi connectivity index (χ1n) is 6.34. The first-order chi connectivity index (χ1) is 10.1. The monoisotopic (exact) mass is 316 g/mol. The third-order valence-electron chi connectivity index (χ3n) is 2.42. The van der Waals surface area contributed by atoms with Gasteiger partial charge in [-0.3, -0.25) is 4.18 Å². The molecule has 7 heteroatoms. The van der Waals surface area contributed by atoms with Gasteiger partial charge in [0.25, 0.3) is 10.1 Å². The minimum Gasteiger partial charge on any atom is -0.491 e. The molecule has 0 aromatic heterocycles. The number of ether oxygens (including phenoxy) is 3. The molecule has 1 aromatic carbocycles. The van der Waals surface area contributed by atoms with Gasteiger partial charge in [0, 0.05) is 0 Å². The van der Waals surface area contributed by atoms with Crippen LogP contribution in [-0.2, 0) is 23.8 Å². The Morgan fingerprint density at radius 2 is 1.95 bits per heavy atom. The van der Waals surface area contributed by atoms with Crippen molar-refractivity contribution in [3.63, 3.8) is 0 Å². The van der Waals surface area contributed by atoms with E-state index in [2.05, 4.69) is 10.8 Å². The molecule has 6 nitrogen and oxygen atoms in total. The van der Waals surface area contributed by atoms with Gasteiger partial charge in [0.05, 0.1) is 20.3 Å². The van der Waals surface area contributed by atoms with Crippen LogP contribution in [0.3, 0.4) is 0 Å². The fourth-order valence-electron chi connectivity index (χ4n) is 1.36. The van der Waals surface area contributed by atoms with Crippen LogP contribution in [0.25, 0.3) is 0 Å². The highest BCUT2D eigenvalue weighted by Crippen LogP contribution is 2.10. The highest BCUT2D eigenvalue weighted by molar-refractivity contribution is 7.86. The Balaban J connectivity index is 2.49. The summed E-state index contributed by atoms with van der Waals surface area (Å²) in [6, 6.07) is 9.16. The molecule has 0 fully saturated rings. The van der Waals surface area contributed by atoms with Crippen molar-refractivity contribution in [3.05, 3.63) is 43.0 Å². The molecular weight excluding hydrogens is 296 g/mol. The van der Waals surface area contributed by atoms with Gasteiger partial charge in [-0.15, -0.1) is 6.58 Å². The maximum absolute atomic E-state index is 11.3. The third-order valence-corrected chi connectivity index (χ3v) is 3.35. The second kappa shape index (κ2) is 9.51. The smallest absolute Gasteiger partial charge is 0.291 e. The zero-order valence-electron chi connectivity index (χ0n) is 11.9. The van der Waals surface area contributed by atoms with Gasteiger partial charge < -0.3 is 14.2 Å². The Kier molecular flexibility index (Phi) is 7.99. The molecule has 0 amide bonds. The van der Waals surface area contributed by atoms with Crippen molar-refractivity contribution in [2.75, 3.05) is 32.9 Å². The van der Waals surface area contributed by atoms with Gasteiger partial charge in [0.1, 0.15) is 18.5 Å². The van der Waals surface area contributed by atoms with Crippen LogP contribution in [0.1, 0.15) is 0 Å². The fourth-order valence-corrected chi connectivity index (χ4v) is 1.82. The van der Waals surface area contributed by atoms with Gasteiger partial charge >= 0.3 is 0 Å². The molecule has 0 saturated heterocycles. The summed E-state index contributed by atoms with van der Waals surface area (Å²) in [6.45, 7) is 4.25. The van der Waals surface area contributed by atoms with Crippen molar-refractivity contribution in [3.8, 4) is 5.75 Å². The van der Waals surface area contributed by atoms with Gasteiger partial charge in [0.15, 0.2) is 5.94 Å². The number of hydrogen-bond acceptors (Lipinski definition) is 6. The largest absolute Gasteiger partial charge is 0.491 e. The van der Waals surface area contributed by atoms with Crippen molar-refractivity contribution < 1.29 is 26.8 Å². The van der Waals surface area contributed by atoms with E-state index >= 15 is 0 Å². The summed E-state index contributed by atoms with van der Waals surface area (Å²) in [6.07, 6.45) is 1.07. The number of benzene rings is 1. The summed E-state index contributed by atoms with van der Waals surface area (Å²) in [5.41, 5.74) is 0. The Hall–Kier alpha value is -1.41. The lowest BCUT2D eigenvalue weighted by Crippen LogP contribution is -2.30. The van der Waals surface area contributed by atoms with E-state index in [-0.39, 0.29) is 13.2 Å². The van der Waals surface area contributed by atoms with Crippen molar-refractivity contribution in [1.29, 1.82) is 0 Å². The Morgan fingerprint density at radius 3 is 2.57 bits per heavy atom. The Labute approximate surface area is 125 Å². The first kappa shape index (κ1) is 17.6. The molecule has 0 radical (unpaired) electrons. The second-order valence-electron chi connectivity index (χ2n) is 4.08. The van der Waals surface area contributed by atoms with E-state index in [0.29, 0.717) is 12.4 Å². The molecule has 0 spiro atoms. The molecule has 0 bridgehead atoms. The van der Waals surface area contributed by atoms with E-state index in [1.807, 2.05) is 18.2 Å². The minimum atomic E-state index is -3.68. The van der Waals surface area contributed by atoms with E-state index in [9.17, 15) is 8.42 Å². The predicted molar refractivity (Wildman–Crippen MR) is 78.6 cm³/mol. The van der Waals surface area contributed by atoms with E-state index in [4.69, 9.17) is 14.2 Å². The molecule has 1 atom stereocenters. The zero-order valence-corrected chi connectivity index (χ0v) is 12.8. The van der Waals surface area contributed by atoms with Crippen molar-refractivity contribution in [2.24, 2.45) is 0 Å². The van der Waals surface area contributed by atoms with Crippen LogP contribution in [0.4, 0.5) is 0 Å². The molecular formula is C14H20O6S. The molecule has 1 rings (SSSR count). The lowest BCUT2D eigenvalue weighted by Gasteiger charge is -2.18. The van der Waals surface area contributed by atoms with Crippen LogP contribution < -0.4 is 4.74 Å². The molecule has 0 N–H and O–H groups in total. The lowest BCUT2D eigenvalue weighted by atomic mass is 10.3. The van der Waals surface area contributed by atoms with Crippen LogP contribution in [-0.4, -0.2) is 47.4 Å². The second-order valence-corrected chi connectivity index (χ2v) is 5.77. The highest BCUT2D eigenvalue weighted by atomic mass is 32.2. The molecule has 118 valence electrons. The standard InChI is InChI=1S/C14H20O6S/c1-3-9-18-10-14(20-12-21(15,16)17-2)11-19-13-7-5-4-6-8-13/h3-8,14H,1,9-12H2,2H3. The van der Waals surface area contributed by atoms with E-state index < -0.39 is 22.2 Å².